The molecule has 0 aliphatic rings. The molecule has 0 aliphatic heterocycles. The molecule has 0 fully saturated rings. The van der Waals surface area contributed by atoms with Crippen LogP contribution in [0.2, 0.25) is 0 Å². The maximum Gasteiger partial charge on any atom is 0.180 e. The summed E-state index contributed by atoms with van der Waals surface area (Å²) in [7, 11) is 0. The van der Waals surface area contributed by atoms with Crippen molar-refractivity contribution in [1.82, 2.24) is 15.0 Å². The summed E-state index contributed by atoms with van der Waals surface area (Å²) in [6, 6.07) is 7.50. The number of nitrogen functional groups attached to an aromatic ring is 1. The van der Waals surface area contributed by atoms with E-state index in [1.165, 1.54) is 0 Å². The number of hydrazine groups is 1. The third kappa shape index (κ3) is 2.62. The first kappa shape index (κ1) is 12.4. The molecule has 0 atom stereocenters. The lowest BCUT2D eigenvalue weighted by Crippen LogP contribution is -2.17. The van der Waals surface area contributed by atoms with Gasteiger partial charge in [0, 0.05) is 17.7 Å². The van der Waals surface area contributed by atoms with Gasteiger partial charge in [0.05, 0.1) is 5.69 Å². The van der Waals surface area contributed by atoms with Crippen LogP contribution in [-0.2, 0) is 5.41 Å². The lowest BCUT2D eigenvalue weighted by atomic mass is 9.92. The van der Waals surface area contributed by atoms with E-state index in [1.807, 2.05) is 24.3 Å². The molecule has 2 rings (SSSR count). The Balaban J connectivity index is 2.55. The van der Waals surface area contributed by atoms with Crippen molar-refractivity contribution in [2.24, 2.45) is 5.84 Å². The molecule has 0 unspecified atom stereocenters. The molecule has 0 spiro atoms. The molecule has 18 heavy (non-hydrogen) atoms. The second-order valence-corrected chi connectivity index (χ2v) is 5.07. The van der Waals surface area contributed by atoms with Crippen LogP contribution in [0.5, 0.6) is 0 Å². The van der Waals surface area contributed by atoms with E-state index in [-0.39, 0.29) is 5.41 Å². The summed E-state index contributed by atoms with van der Waals surface area (Å²) in [5.41, 5.74) is 4.16. The SMILES string of the molecule is CC(C)(C)c1cc(NN)nc(-c2ccccn2)n1. The molecular weight excluding hydrogens is 226 g/mol. The Bertz CT molecular complexity index is 531. The second-order valence-electron chi connectivity index (χ2n) is 5.07. The normalized spacial score (nSPS) is 11.3. The average Bonchev–Trinajstić information content (AvgIpc) is 2.38. The van der Waals surface area contributed by atoms with Crippen molar-refractivity contribution in [2.45, 2.75) is 26.2 Å². The van der Waals surface area contributed by atoms with Gasteiger partial charge in [0.2, 0.25) is 0 Å². The number of nitrogens with one attached hydrogen (secondary N) is 1. The largest absolute Gasteiger partial charge is 0.308 e. The highest BCUT2D eigenvalue weighted by atomic mass is 15.3. The summed E-state index contributed by atoms with van der Waals surface area (Å²) in [5.74, 6) is 6.62. The summed E-state index contributed by atoms with van der Waals surface area (Å²) in [6.45, 7) is 6.29. The van der Waals surface area contributed by atoms with Crippen LogP contribution in [0, 0.1) is 0 Å². The molecule has 5 nitrogen and oxygen atoms in total. The van der Waals surface area contributed by atoms with Gasteiger partial charge in [-0.25, -0.2) is 15.8 Å². The van der Waals surface area contributed by atoms with Gasteiger partial charge < -0.3 is 5.43 Å². The van der Waals surface area contributed by atoms with E-state index >= 15 is 0 Å². The molecule has 5 heteroatoms. The van der Waals surface area contributed by atoms with E-state index in [4.69, 9.17) is 5.84 Å². The van der Waals surface area contributed by atoms with Crippen LogP contribution in [-0.4, -0.2) is 15.0 Å². The van der Waals surface area contributed by atoms with Gasteiger partial charge in [-0.15, -0.1) is 0 Å². The first-order valence-corrected chi connectivity index (χ1v) is 5.78. The van der Waals surface area contributed by atoms with Gasteiger partial charge in [0.25, 0.3) is 0 Å². The van der Waals surface area contributed by atoms with Gasteiger partial charge in [-0.3, -0.25) is 4.98 Å². The Morgan fingerprint density at radius 1 is 1.17 bits per heavy atom. The molecule has 94 valence electrons. The Kier molecular flexibility index (Phi) is 3.25. The quantitative estimate of drug-likeness (QED) is 0.624. The third-order valence-electron chi connectivity index (χ3n) is 2.54. The Morgan fingerprint density at radius 3 is 2.50 bits per heavy atom. The summed E-state index contributed by atoms with van der Waals surface area (Å²) in [5, 5.41) is 0. The van der Waals surface area contributed by atoms with E-state index in [9.17, 15) is 0 Å². The number of aromatic nitrogens is 3. The molecule has 2 aromatic rings. The number of anilines is 1. The number of hydrogen-bond donors (Lipinski definition) is 2. The van der Waals surface area contributed by atoms with Gasteiger partial charge >= 0.3 is 0 Å². The molecule has 0 amide bonds. The zero-order chi connectivity index (χ0) is 13.2. The fraction of sp³-hybridized carbons (Fsp3) is 0.308. The van der Waals surface area contributed by atoms with Crippen molar-refractivity contribution in [3.05, 3.63) is 36.2 Å². The van der Waals surface area contributed by atoms with Crippen LogP contribution in [0.15, 0.2) is 30.5 Å². The first-order chi connectivity index (χ1) is 8.50. The van der Waals surface area contributed by atoms with E-state index < -0.39 is 0 Å². The van der Waals surface area contributed by atoms with Crippen LogP contribution < -0.4 is 11.3 Å². The van der Waals surface area contributed by atoms with Crippen molar-refractivity contribution in [3.63, 3.8) is 0 Å². The Morgan fingerprint density at radius 2 is 1.94 bits per heavy atom. The minimum atomic E-state index is -0.0714. The van der Waals surface area contributed by atoms with Gasteiger partial charge in [-0.05, 0) is 12.1 Å². The molecule has 3 N–H and O–H groups in total. The minimum absolute atomic E-state index is 0.0714. The molecule has 0 aromatic carbocycles. The maximum atomic E-state index is 5.45. The number of rotatable bonds is 2. The van der Waals surface area contributed by atoms with Crippen LogP contribution in [0.3, 0.4) is 0 Å². The van der Waals surface area contributed by atoms with Crippen molar-refractivity contribution in [1.29, 1.82) is 0 Å². The molecule has 0 bridgehead atoms. The summed E-state index contributed by atoms with van der Waals surface area (Å²) < 4.78 is 0. The topological polar surface area (TPSA) is 76.7 Å². The molecule has 2 heterocycles. The zero-order valence-corrected chi connectivity index (χ0v) is 10.8. The maximum absolute atomic E-state index is 5.45. The van der Waals surface area contributed by atoms with Crippen LogP contribution in [0.1, 0.15) is 26.5 Å². The van der Waals surface area contributed by atoms with Crippen LogP contribution >= 0.6 is 0 Å². The highest BCUT2D eigenvalue weighted by Crippen LogP contribution is 2.24. The highest BCUT2D eigenvalue weighted by Gasteiger charge is 2.18. The predicted octanol–water partition coefficient (Wildman–Crippen LogP) is 2.12. The van der Waals surface area contributed by atoms with Crippen molar-refractivity contribution >= 4 is 5.82 Å². The van der Waals surface area contributed by atoms with Gasteiger partial charge in [0.15, 0.2) is 5.82 Å². The molecule has 2 aromatic heterocycles. The summed E-state index contributed by atoms with van der Waals surface area (Å²) >= 11 is 0. The highest BCUT2D eigenvalue weighted by molar-refractivity contribution is 5.53. The minimum Gasteiger partial charge on any atom is -0.308 e. The molecule has 0 saturated heterocycles. The standard InChI is InChI=1S/C13H17N5/c1-13(2,3)10-8-11(18-14)17-12(16-10)9-6-4-5-7-15-9/h4-8H,14H2,1-3H3,(H,16,17,18). The fourth-order valence-corrected chi connectivity index (χ4v) is 1.51. The molecule has 0 radical (unpaired) electrons. The lowest BCUT2D eigenvalue weighted by Gasteiger charge is -2.19. The monoisotopic (exact) mass is 243 g/mol. The van der Waals surface area contributed by atoms with Crippen molar-refractivity contribution in [2.75, 3.05) is 5.43 Å². The second kappa shape index (κ2) is 4.70. The fourth-order valence-electron chi connectivity index (χ4n) is 1.51. The summed E-state index contributed by atoms with van der Waals surface area (Å²) in [6.07, 6.45) is 1.72. The molecule has 0 saturated carbocycles. The van der Waals surface area contributed by atoms with Gasteiger partial charge in [-0.1, -0.05) is 26.8 Å². The van der Waals surface area contributed by atoms with E-state index in [1.54, 1.807) is 6.20 Å². The average molecular weight is 243 g/mol. The predicted molar refractivity (Wildman–Crippen MR) is 71.8 cm³/mol. The third-order valence-corrected chi connectivity index (χ3v) is 2.54. The molecule has 0 aliphatic carbocycles. The van der Waals surface area contributed by atoms with Gasteiger partial charge in [0.1, 0.15) is 11.5 Å². The van der Waals surface area contributed by atoms with Crippen molar-refractivity contribution in [3.8, 4) is 11.5 Å². The Hall–Kier alpha value is -2.01. The van der Waals surface area contributed by atoms with E-state index in [0.29, 0.717) is 11.6 Å². The van der Waals surface area contributed by atoms with Crippen molar-refractivity contribution < 1.29 is 0 Å². The van der Waals surface area contributed by atoms with E-state index in [0.717, 1.165) is 11.4 Å². The smallest absolute Gasteiger partial charge is 0.180 e. The Labute approximate surface area is 106 Å². The van der Waals surface area contributed by atoms with Crippen LogP contribution in [0.25, 0.3) is 11.5 Å². The summed E-state index contributed by atoms with van der Waals surface area (Å²) in [4.78, 5) is 13.1. The first-order valence-electron chi connectivity index (χ1n) is 5.78. The number of pyridine rings is 1. The zero-order valence-electron chi connectivity index (χ0n) is 10.8. The number of nitrogens with two attached hydrogens (primary N) is 1. The van der Waals surface area contributed by atoms with Gasteiger partial charge in [-0.2, -0.15) is 0 Å². The lowest BCUT2D eigenvalue weighted by molar-refractivity contribution is 0.568. The van der Waals surface area contributed by atoms with E-state index in [2.05, 4.69) is 41.1 Å². The number of nitrogens with zero attached hydrogens (tertiary/aromatic N) is 3. The molecular formula is C13H17N5. The number of hydrogen-bond acceptors (Lipinski definition) is 5. The van der Waals surface area contributed by atoms with Crippen LogP contribution in [0.4, 0.5) is 5.82 Å².